The van der Waals surface area contributed by atoms with Gasteiger partial charge >= 0.3 is 0 Å². The fourth-order valence-corrected chi connectivity index (χ4v) is 5.73. The number of carbonyl (C=O) groups is 3. The molecule has 1 atom stereocenters. The number of nitrogens with one attached hydrogen (secondary N) is 1. The van der Waals surface area contributed by atoms with Gasteiger partial charge in [-0.25, -0.2) is 4.39 Å². The number of methoxy groups -OCH3 is 1. The fourth-order valence-electron chi connectivity index (χ4n) is 5.73. The molecule has 1 N–H and O–H groups in total. The number of likely N-dealkylation sites (tertiary alicyclic amines) is 1. The van der Waals surface area contributed by atoms with E-state index in [0.29, 0.717) is 36.4 Å². The molecule has 2 aromatic carbocycles. The highest BCUT2D eigenvalue weighted by Gasteiger charge is 2.39. The van der Waals surface area contributed by atoms with E-state index in [4.69, 9.17) is 9.26 Å². The summed E-state index contributed by atoms with van der Waals surface area (Å²) in [5.41, 5.74) is 0.586. The minimum absolute atomic E-state index is 0.118. The number of hydrogen-bond donors (Lipinski definition) is 1. The summed E-state index contributed by atoms with van der Waals surface area (Å²) in [6, 6.07) is 9.90. The smallest absolute Gasteiger partial charge is 0.293 e. The number of H-pyrrole nitrogens is 1. The SMILES string of the molecule is COc1ccc2c(c1)CCN(C(=O)c1cc(=O)[nH]o1)C2C(=O)Cc1ccc(C(C)(C)C(=O)N2CCCC2)c(F)c1. The molecule has 5 rings (SSSR count). The van der Waals surface area contributed by atoms with Crippen LogP contribution in [0, 0.1) is 5.82 Å². The number of nitrogens with zero attached hydrogens (tertiary/aromatic N) is 2. The molecule has 10 heteroatoms. The predicted octanol–water partition coefficient (Wildman–Crippen LogP) is 3.57. The summed E-state index contributed by atoms with van der Waals surface area (Å²) in [5.74, 6) is -1.16. The van der Waals surface area contributed by atoms with Gasteiger partial charge in [0.1, 0.15) is 17.6 Å². The van der Waals surface area contributed by atoms with E-state index < -0.39 is 28.7 Å². The number of carbonyl (C=O) groups excluding carboxylic acids is 3. The van der Waals surface area contributed by atoms with Crippen LogP contribution in [0.4, 0.5) is 4.39 Å². The van der Waals surface area contributed by atoms with Crippen molar-refractivity contribution in [3.8, 4) is 5.75 Å². The van der Waals surface area contributed by atoms with Gasteiger partial charge in [0.25, 0.3) is 11.5 Å². The van der Waals surface area contributed by atoms with Crippen LogP contribution in [0.2, 0.25) is 0 Å². The highest BCUT2D eigenvalue weighted by atomic mass is 19.1. The fraction of sp³-hybridized carbons (Fsp3) is 0.400. The largest absolute Gasteiger partial charge is 0.497 e. The maximum atomic E-state index is 15.4. The first-order valence-corrected chi connectivity index (χ1v) is 13.4. The van der Waals surface area contributed by atoms with Crippen LogP contribution in [0.25, 0.3) is 0 Å². The van der Waals surface area contributed by atoms with Crippen LogP contribution in [0.15, 0.2) is 51.8 Å². The van der Waals surface area contributed by atoms with Crippen LogP contribution in [-0.4, -0.2) is 59.3 Å². The average Bonchev–Trinajstić information content (AvgIpc) is 3.63. The Labute approximate surface area is 230 Å². The number of fused-ring (bicyclic) bond motifs is 1. The quantitative estimate of drug-likeness (QED) is 0.482. The number of Topliss-reactive ketones (excluding diaryl/α,β-unsaturated/α-hetero) is 1. The number of rotatable bonds is 7. The standard InChI is InChI=1S/C30H32FN3O6/c1-30(2,29(38)33-11-4-5-12-33)22-9-6-18(14-23(22)31)15-24(35)27-21-8-7-20(39-3)16-19(21)10-13-34(27)28(37)25-17-26(36)32-40-25/h6-9,14,16-17,27H,4-5,10-13,15H2,1-3H3,(H,32,36). The predicted molar refractivity (Wildman–Crippen MR) is 144 cm³/mol. The van der Waals surface area contributed by atoms with E-state index in [2.05, 4.69) is 5.16 Å². The second-order valence-electron chi connectivity index (χ2n) is 10.9. The van der Waals surface area contributed by atoms with Crippen molar-refractivity contribution >= 4 is 17.6 Å². The molecule has 0 radical (unpaired) electrons. The second kappa shape index (κ2) is 10.7. The van der Waals surface area contributed by atoms with Gasteiger partial charge in [0.15, 0.2) is 5.78 Å². The number of benzene rings is 2. The van der Waals surface area contributed by atoms with Crippen LogP contribution in [-0.2, 0) is 27.8 Å². The molecule has 9 nitrogen and oxygen atoms in total. The number of aromatic amines is 1. The summed E-state index contributed by atoms with van der Waals surface area (Å²) in [5, 5.41) is 2.11. The molecular formula is C30H32FN3O6. The summed E-state index contributed by atoms with van der Waals surface area (Å²) < 4.78 is 25.8. The van der Waals surface area contributed by atoms with Crippen molar-refractivity contribution in [2.24, 2.45) is 0 Å². The van der Waals surface area contributed by atoms with E-state index >= 15 is 4.39 Å². The first-order valence-electron chi connectivity index (χ1n) is 13.4. The maximum absolute atomic E-state index is 15.4. The number of ether oxygens (including phenoxy) is 1. The van der Waals surface area contributed by atoms with Gasteiger partial charge in [-0.1, -0.05) is 18.2 Å². The molecule has 210 valence electrons. The number of hydrogen-bond acceptors (Lipinski definition) is 6. The summed E-state index contributed by atoms with van der Waals surface area (Å²) >= 11 is 0. The highest BCUT2D eigenvalue weighted by molar-refractivity contribution is 5.97. The third kappa shape index (κ3) is 5.05. The normalized spacial score (nSPS) is 17.1. The molecule has 1 fully saturated rings. The van der Waals surface area contributed by atoms with Gasteiger partial charge in [0, 0.05) is 31.6 Å². The van der Waals surface area contributed by atoms with Crippen molar-refractivity contribution < 1.29 is 28.0 Å². The Balaban J connectivity index is 1.43. The molecule has 3 heterocycles. The van der Waals surface area contributed by atoms with Gasteiger partial charge in [-0.2, -0.15) is 5.16 Å². The Morgan fingerprint density at radius 3 is 2.48 bits per heavy atom. The lowest BCUT2D eigenvalue weighted by Crippen LogP contribution is -2.44. The van der Waals surface area contributed by atoms with Crippen molar-refractivity contribution in [1.82, 2.24) is 15.0 Å². The Bertz CT molecular complexity index is 1520. The Morgan fingerprint density at radius 2 is 1.82 bits per heavy atom. The molecule has 0 spiro atoms. The van der Waals surface area contributed by atoms with Crippen LogP contribution in [0.1, 0.15) is 65.5 Å². The molecule has 2 amide bonds. The molecule has 1 aromatic heterocycles. The van der Waals surface area contributed by atoms with Crippen LogP contribution >= 0.6 is 0 Å². The van der Waals surface area contributed by atoms with Crippen LogP contribution in [0.3, 0.4) is 0 Å². The molecule has 2 aliphatic rings. The summed E-state index contributed by atoms with van der Waals surface area (Å²) in [6.07, 6.45) is 2.21. The van der Waals surface area contributed by atoms with E-state index in [0.717, 1.165) is 24.5 Å². The van der Waals surface area contributed by atoms with Gasteiger partial charge in [0.05, 0.1) is 18.6 Å². The highest BCUT2D eigenvalue weighted by Crippen LogP contribution is 2.35. The zero-order valence-corrected chi connectivity index (χ0v) is 22.8. The minimum Gasteiger partial charge on any atom is -0.497 e. The lowest BCUT2D eigenvalue weighted by atomic mass is 9.82. The van der Waals surface area contributed by atoms with Gasteiger partial charge < -0.3 is 19.1 Å². The molecule has 2 aliphatic heterocycles. The van der Waals surface area contributed by atoms with E-state index in [1.165, 1.54) is 11.0 Å². The molecule has 1 unspecified atom stereocenters. The van der Waals surface area contributed by atoms with Crippen molar-refractivity contribution in [2.45, 2.75) is 51.0 Å². The Morgan fingerprint density at radius 1 is 1.07 bits per heavy atom. The average molecular weight is 550 g/mol. The molecule has 1 saturated heterocycles. The Hall–Kier alpha value is -4.21. The Kier molecular flexibility index (Phi) is 7.35. The van der Waals surface area contributed by atoms with Crippen LogP contribution in [0.5, 0.6) is 5.75 Å². The van der Waals surface area contributed by atoms with E-state index in [9.17, 15) is 19.2 Å². The summed E-state index contributed by atoms with van der Waals surface area (Å²) in [6.45, 7) is 4.99. The maximum Gasteiger partial charge on any atom is 0.293 e. The van der Waals surface area contributed by atoms with Crippen molar-refractivity contribution in [2.75, 3.05) is 26.7 Å². The lowest BCUT2D eigenvalue weighted by Gasteiger charge is -2.36. The summed E-state index contributed by atoms with van der Waals surface area (Å²) in [4.78, 5) is 54.9. The van der Waals surface area contributed by atoms with E-state index in [1.54, 1.807) is 50.1 Å². The first-order chi connectivity index (χ1) is 19.1. The number of ketones is 1. The first kappa shape index (κ1) is 27.4. The van der Waals surface area contributed by atoms with E-state index in [1.807, 2.05) is 6.07 Å². The van der Waals surface area contributed by atoms with Crippen molar-refractivity contribution in [3.05, 3.63) is 86.6 Å². The van der Waals surface area contributed by atoms with Crippen molar-refractivity contribution in [3.63, 3.8) is 0 Å². The van der Waals surface area contributed by atoms with Gasteiger partial charge in [0.2, 0.25) is 11.7 Å². The monoisotopic (exact) mass is 549 g/mol. The molecule has 3 aromatic rings. The zero-order valence-electron chi connectivity index (χ0n) is 22.8. The molecule has 0 aliphatic carbocycles. The number of aromatic nitrogens is 1. The van der Waals surface area contributed by atoms with Gasteiger partial charge in [-0.15, -0.1) is 0 Å². The van der Waals surface area contributed by atoms with Gasteiger partial charge in [-0.3, -0.25) is 19.2 Å². The number of halogens is 1. The number of amides is 2. The molecule has 0 bridgehead atoms. The third-order valence-corrected chi connectivity index (χ3v) is 7.89. The molecule has 40 heavy (non-hydrogen) atoms. The topological polar surface area (TPSA) is 113 Å². The minimum atomic E-state index is -1.05. The third-order valence-electron chi connectivity index (χ3n) is 7.89. The molecule has 0 saturated carbocycles. The summed E-state index contributed by atoms with van der Waals surface area (Å²) in [7, 11) is 1.55. The zero-order chi connectivity index (χ0) is 28.6. The van der Waals surface area contributed by atoms with Crippen LogP contribution < -0.4 is 10.3 Å². The van der Waals surface area contributed by atoms with E-state index in [-0.39, 0.29) is 36.0 Å². The van der Waals surface area contributed by atoms with Crippen molar-refractivity contribution in [1.29, 1.82) is 0 Å². The van der Waals surface area contributed by atoms with Gasteiger partial charge in [-0.05, 0) is 68.0 Å². The second-order valence-corrected chi connectivity index (χ2v) is 10.9. The lowest BCUT2D eigenvalue weighted by molar-refractivity contribution is -0.135. The molecular weight excluding hydrogens is 517 g/mol.